The van der Waals surface area contributed by atoms with Gasteiger partial charge in [0.05, 0.1) is 12.0 Å². The molecular formula is C61H52FNO10. The molecular weight excluding hydrogens is 926 g/mol. The van der Waals surface area contributed by atoms with Crippen LogP contribution in [0.3, 0.4) is 0 Å². The van der Waals surface area contributed by atoms with Gasteiger partial charge in [-0.1, -0.05) is 139 Å². The molecule has 1 aliphatic heterocycles. The van der Waals surface area contributed by atoms with E-state index in [1.54, 1.807) is 41.3 Å². The molecule has 1 heterocycles. The smallest absolute Gasteiger partial charge is 0.321 e. The van der Waals surface area contributed by atoms with Gasteiger partial charge in [-0.05, 0) is 101 Å². The average molecular weight is 978 g/mol. The molecule has 1 saturated heterocycles. The first kappa shape index (κ1) is 50.6. The molecule has 0 unspecified atom stereocenters. The van der Waals surface area contributed by atoms with Crippen LogP contribution in [0.2, 0.25) is 0 Å². The Morgan fingerprint density at radius 1 is 0.630 bits per heavy atom. The Labute approximate surface area is 423 Å². The number of hydrogen-bond acceptors (Lipinski definition) is 10. The number of carbonyl (C=O) groups excluding carboxylic acids is 5. The molecule has 7 aromatic rings. The zero-order valence-electron chi connectivity index (χ0n) is 40.3. The molecule has 0 spiro atoms. The monoisotopic (exact) mass is 977 g/mol. The van der Waals surface area contributed by atoms with E-state index < -0.39 is 53.7 Å². The molecule has 0 aromatic heterocycles. The number of nitrogens with zero attached hydrogens (tertiary/aromatic N) is 1. The Kier molecular flexibility index (Phi) is 16.9. The number of β-lactam (4-membered cyclic amide) rings is 1. The maximum absolute atomic E-state index is 14.4. The van der Waals surface area contributed by atoms with Crippen molar-refractivity contribution in [2.75, 3.05) is 4.90 Å². The Hall–Kier alpha value is -8.82. The summed E-state index contributed by atoms with van der Waals surface area (Å²) in [6.45, 7) is 2.85. The maximum atomic E-state index is 14.4. The van der Waals surface area contributed by atoms with Crippen LogP contribution in [-0.2, 0) is 58.0 Å². The predicted molar refractivity (Wildman–Crippen MR) is 272 cm³/mol. The molecule has 7 aromatic carbocycles. The van der Waals surface area contributed by atoms with Crippen LogP contribution in [0.4, 0.5) is 10.1 Å². The van der Waals surface area contributed by atoms with Gasteiger partial charge < -0.3 is 28.6 Å². The van der Waals surface area contributed by atoms with Gasteiger partial charge >= 0.3 is 23.9 Å². The summed E-state index contributed by atoms with van der Waals surface area (Å²) in [6.07, 6.45) is -0.256. The molecule has 73 heavy (non-hydrogen) atoms. The Morgan fingerprint density at radius 3 is 1.75 bits per heavy atom. The van der Waals surface area contributed by atoms with Gasteiger partial charge in [-0.25, -0.2) is 4.39 Å². The van der Waals surface area contributed by atoms with E-state index in [-0.39, 0.29) is 38.6 Å². The first-order chi connectivity index (χ1) is 35.5. The van der Waals surface area contributed by atoms with Crippen LogP contribution in [0, 0.1) is 29.5 Å². The molecule has 0 saturated carbocycles. The molecule has 0 aliphatic carbocycles. The zero-order chi connectivity index (χ0) is 51.1. The van der Waals surface area contributed by atoms with Crippen molar-refractivity contribution in [3.05, 3.63) is 221 Å². The van der Waals surface area contributed by atoms with Crippen LogP contribution < -0.4 is 14.4 Å². The van der Waals surface area contributed by atoms with E-state index in [0.717, 1.165) is 33.4 Å². The van der Waals surface area contributed by atoms with Crippen molar-refractivity contribution in [2.24, 2.45) is 11.8 Å². The fraction of sp³-hybridized carbons (Fsp3) is 0.197. The van der Waals surface area contributed by atoms with Crippen molar-refractivity contribution in [3.8, 4) is 34.5 Å². The summed E-state index contributed by atoms with van der Waals surface area (Å²) in [6, 6.07) is 53.4. The Bertz CT molecular complexity index is 3030. The van der Waals surface area contributed by atoms with E-state index in [2.05, 4.69) is 11.8 Å². The standard InChI is InChI=1S/C61H52FNO10/c1-41(64)72-52-32-30-51(31-33-52)63-58(54(59(63)66)35-36-56(73-42(2)65)48-25-28-50(62)29-26-48)53-34-27-49(37-57(53)69-38-44-13-6-3-7-14-44)47-23-21-43(22-24-47)19-12-20-55(60(67)70-39-45-15-8-4-9-16-45)61(68)71-40-46-17-10-5-11-18-46/h3-11,13-18,21-34,37,54-56,58H,20,35-36,38-40H2,1-2H3/t54-,56+,58-/m1/s1. The van der Waals surface area contributed by atoms with E-state index in [1.807, 2.05) is 133 Å². The summed E-state index contributed by atoms with van der Waals surface area (Å²) >= 11 is 0. The molecule has 0 N–H and O–H groups in total. The van der Waals surface area contributed by atoms with Gasteiger partial charge in [0.1, 0.15) is 43.2 Å². The number of hydrogen-bond donors (Lipinski definition) is 0. The van der Waals surface area contributed by atoms with Crippen molar-refractivity contribution >= 4 is 35.5 Å². The number of carbonyl (C=O) groups is 5. The number of esters is 4. The molecule has 11 nitrogen and oxygen atoms in total. The quantitative estimate of drug-likeness (QED) is 0.0192. The second-order valence-corrected chi connectivity index (χ2v) is 17.4. The summed E-state index contributed by atoms with van der Waals surface area (Å²) in [7, 11) is 0. The lowest BCUT2D eigenvalue weighted by Gasteiger charge is -2.48. The van der Waals surface area contributed by atoms with Gasteiger partial charge in [-0.3, -0.25) is 24.0 Å². The van der Waals surface area contributed by atoms with Crippen LogP contribution in [0.5, 0.6) is 11.5 Å². The van der Waals surface area contributed by atoms with Gasteiger partial charge in [0.2, 0.25) is 5.91 Å². The lowest BCUT2D eigenvalue weighted by molar-refractivity contribution is -0.163. The van der Waals surface area contributed by atoms with E-state index in [0.29, 0.717) is 34.7 Å². The number of benzene rings is 7. The second-order valence-electron chi connectivity index (χ2n) is 17.4. The van der Waals surface area contributed by atoms with Gasteiger partial charge in [0.25, 0.3) is 0 Å². The lowest BCUT2D eigenvalue weighted by Crippen LogP contribution is -2.55. The first-order valence-corrected chi connectivity index (χ1v) is 23.8. The van der Waals surface area contributed by atoms with Crippen LogP contribution >= 0.6 is 0 Å². The van der Waals surface area contributed by atoms with E-state index in [1.165, 1.54) is 26.0 Å². The van der Waals surface area contributed by atoms with Crippen LogP contribution in [0.25, 0.3) is 11.1 Å². The molecule has 12 heteroatoms. The Balaban J connectivity index is 1.06. The van der Waals surface area contributed by atoms with Gasteiger partial charge in [-0.2, -0.15) is 0 Å². The van der Waals surface area contributed by atoms with E-state index in [9.17, 15) is 28.4 Å². The van der Waals surface area contributed by atoms with Crippen LogP contribution in [-0.4, -0.2) is 29.8 Å². The van der Waals surface area contributed by atoms with Gasteiger partial charge in [-0.15, -0.1) is 0 Å². The summed E-state index contributed by atoms with van der Waals surface area (Å²) in [5, 5.41) is 0. The third kappa shape index (κ3) is 13.5. The lowest BCUT2D eigenvalue weighted by atomic mass is 9.77. The molecule has 368 valence electrons. The van der Waals surface area contributed by atoms with Crippen LogP contribution in [0.1, 0.15) is 78.6 Å². The minimum Gasteiger partial charge on any atom is -0.489 e. The maximum Gasteiger partial charge on any atom is 0.321 e. The Morgan fingerprint density at radius 2 is 1.19 bits per heavy atom. The molecule has 1 fully saturated rings. The minimum atomic E-state index is -1.27. The molecule has 1 amide bonds. The molecule has 8 rings (SSSR count). The van der Waals surface area contributed by atoms with E-state index >= 15 is 0 Å². The predicted octanol–water partition coefficient (Wildman–Crippen LogP) is 11.6. The first-order valence-electron chi connectivity index (χ1n) is 23.8. The number of ether oxygens (including phenoxy) is 5. The van der Waals surface area contributed by atoms with Crippen molar-refractivity contribution in [1.29, 1.82) is 0 Å². The molecule has 0 bridgehead atoms. The summed E-state index contributed by atoms with van der Waals surface area (Å²) < 4.78 is 42.7. The van der Waals surface area contributed by atoms with Crippen LogP contribution in [0.15, 0.2) is 182 Å². The zero-order valence-corrected chi connectivity index (χ0v) is 40.3. The highest BCUT2D eigenvalue weighted by molar-refractivity contribution is 6.03. The fourth-order valence-electron chi connectivity index (χ4n) is 8.56. The highest BCUT2D eigenvalue weighted by atomic mass is 19.1. The molecule has 1 aliphatic rings. The largest absolute Gasteiger partial charge is 0.489 e. The summed E-state index contributed by atoms with van der Waals surface area (Å²) in [5.41, 5.74) is 6.72. The SMILES string of the molecule is CC(=O)Oc1ccc(N2C(=O)[C@H](CC[C@H](OC(C)=O)c3ccc(F)cc3)[C@H]2c2ccc(-c3ccc(C#CCC(C(=O)OCc4ccccc4)C(=O)OCc4ccccc4)cc3)cc2OCc2ccccc2)cc1. The fourth-order valence-corrected chi connectivity index (χ4v) is 8.56. The van der Waals surface area contributed by atoms with Gasteiger partial charge in [0, 0.05) is 37.1 Å². The van der Waals surface area contributed by atoms with E-state index in [4.69, 9.17) is 23.7 Å². The number of halogens is 1. The second kappa shape index (κ2) is 24.3. The number of rotatable bonds is 19. The average Bonchev–Trinajstić information content (AvgIpc) is 3.40. The highest BCUT2D eigenvalue weighted by Gasteiger charge is 2.50. The topological polar surface area (TPSA) is 135 Å². The summed E-state index contributed by atoms with van der Waals surface area (Å²) in [4.78, 5) is 66.7. The van der Waals surface area contributed by atoms with Gasteiger partial charge in [0.15, 0.2) is 5.92 Å². The normalized spacial score (nSPS) is 14.2. The number of amides is 1. The summed E-state index contributed by atoms with van der Waals surface area (Å²) in [5.74, 6) is 2.09. The highest BCUT2D eigenvalue weighted by Crippen LogP contribution is 2.50. The van der Waals surface area contributed by atoms with Crippen molar-refractivity contribution < 1.29 is 52.0 Å². The molecule has 0 radical (unpaired) electrons. The third-order valence-corrected chi connectivity index (χ3v) is 12.2. The van der Waals surface area contributed by atoms with Crippen molar-refractivity contribution in [2.45, 2.75) is 65.1 Å². The minimum absolute atomic E-state index is 0.00162. The number of anilines is 1. The third-order valence-electron chi connectivity index (χ3n) is 12.2. The van der Waals surface area contributed by atoms with Crippen molar-refractivity contribution in [1.82, 2.24) is 0 Å². The molecule has 3 atom stereocenters. The van der Waals surface area contributed by atoms with Crippen molar-refractivity contribution in [3.63, 3.8) is 0 Å².